The monoisotopic (exact) mass is 231 g/mol. The Kier molecular flexibility index (Phi) is 4.77. The van der Waals surface area contributed by atoms with Gasteiger partial charge in [0.15, 0.2) is 0 Å². The summed E-state index contributed by atoms with van der Waals surface area (Å²) in [7, 11) is 0. The number of rotatable bonds is 3. The van der Waals surface area contributed by atoms with Crippen LogP contribution in [0.25, 0.3) is 0 Å². The van der Waals surface area contributed by atoms with Crippen molar-refractivity contribution in [2.24, 2.45) is 5.73 Å². The van der Waals surface area contributed by atoms with Crippen molar-refractivity contribution in [2.45, 2.75) is 6.04 Å². The third-order valence-electron chi connectivity index (χ3n) is 1.78. The summed E-state index contributed by atoms with van der Waals surface area (Å²) in [5.74, 6) is -2.20. The fourth-order valence-corrected chi connectivity index (χ4v) is 0.976. The van der Waals surface area contributed by atoms with Gasteiger partial charge in [-0.05, 0) is 17.7 Å². The molecular weight excluding hydrogens is 222 g/mol. The van der Waals surface area contributed by atoms with Gasteiger partial charge in [0.2, 0.25) is 0 Å². The van der Waals surface area contributed by atoms with Crippen LogP contribution in [0, 0.1) is 0 Å². The van der Waals surface area contributed by atoms with E-state index >= 15 is 0 Å². The van der Waals surface area contributed by atoms with Gasteiger partial charge in [0.1, 0.15) is 6.04 Å². The molecule has 0 saturated carbocycles. The molecule has 4 N–H and O–H groups in total. The third-order valence-corrected chi connectivity index (χ3v) is 1.78. The van der Waals surface area contributed by atoms with Gasteiger partial charge in [-0.1, -0.05) is 12.1 Å². The van der Waals surface area contributed by atoms with Gasteiger partial charge in [0.25, 0.3) is 0 Å². The maximum atomic E-state index is 10.5. The van der Waals surface area contributed by atoms with Gasteiger partial charge < -0.3 is 15.9 Å². The lowest BCUT2D eigenvalue weighted by Crippen LogP contribution is -2.20. The predicted octanol–water partition coefficient (Wildman–Crippen LogP) is 0.891. The Bertz CT molecular complexity index is 363. The molecule has 5 nitrogen and oxygen atoms in total. The van der Waals surface area contributed by atoms with Crippen molar-refractivity contribution in [3.63, 3.8) is 0 Å². The van der Waals surface area contributed by atoms with Crippen molar-refractivity contribution >= 4 is 24.3 Å². The Balaban J connectivity index is 0.00000196. The first-order chi connectivity index (χ1) is 6.52. The second kappa shape index (κ2) is 5.33. The molecule has 0 saturated heterocycles. The molecule has 0 spiro atoms. The summed E-state index contributed by atoms with van der Waals surface area (Å²) in [5, 5.41) is 17.1. The molecule has 0 amide bonds. The smallest absolute Gasteiger partial charge is 0.335 e. The van der Waals surface area contributed by atoms with E-state index in [0.29, 0.717) is 5.56 Å². The molecule has 0 heterocycles. The van der Waals surface area contributed by atoms with E-state index < -0.39 is 18.0 Å². The summed E-state index contributed by atoms with van der Waals surface area (Å²) in [4.78, 5) is 20.9. The maximum absolute atomic E-state index is 10.5. The summed E-state index contributed by atoms with van der Waals surface area (Å²) in [6.07, 6.45) is 0. The molecule has 1 aromatic rings. The Hall–Kier alpha value is -1.59. The van der Waals surface area contributed by atoms with Crippen LogP contribution < -0.4 is 5.73 Å². The van der Waals surface area contributed by atoms with Crippen molar-refractivity contribution in [1.82, 2.24) is 0 Å². The zero-order chi connectivity index (χ0) is 10.7. The van der Waals surface area contributed by atoms with E-state index in [2.05, 4.69) is 0 Å². The van der Waals surface area contributed by atoms with E-state index in [1.807, 2.05) is 0 Å². The number of carbonyl (C=O) groups is 2. The molecule has 0 aliphatic heterocycles. The molecule has 0 radical (unpaired) electrons. The van der Waals surface area contributed by atoms with Crippen LogP contribution in [0.5, 0.6) is 0 Å². The fraction of sp³-hybridized carbons (Fsp3) is 0.111. The standard InChI is InChI=1S/C9H9NO4.ClH/c10-7(9(13)14)5-1-3-6(4-2-5)8(11)12;/h1-4,7H,10H2,(H,11,12)(H,13,14);1H/t7-;/m1./s1. The average molecular weight is 232 g/mol. The van der Waals surface area contributed by atoms with Crippen molar-refractivity contribution in [2.75, 3.05) is 0 Å². The summed E-state index contributed by atoms with van der Waals surface area (Å²) in [6, 6.07) is 4.31. The molecule has 0 aliphatic carbocycles. The maximum Gasteiger partial charge on any atom is 0.335 e. The first-order valence-corrected chi connectivity index (χ1v) is 3.84. The molecule has 1 rings (SSSR count). The van der Waals surface area contributed by atoms with Crippen LogP contribution in [0.1, 0.15) is 22.0 Å². The number of halogens is 1. The first kappa shape index (κ1) is 13.4. The van der Waals surface area contributed by atoms with Gasteiger partial charge in [0, 0.05) is 0 Å². The Labute approximate surface area is 91.9 Å². The molecule has 0 fully saturated rings. The Morgan fingerprint density at radius 3 is 1.93 bits per heavy atom. The van der Waals surface area contributed by atoms with Gasteiger partial charge >= 0.3 is 11.9 Å². The summed E-state index contributed by atoms with van der Waals surface area (Å²) in [5.41, 5.74) is 5.80. The van der Waals surface area contributed by atoms with E-state index in [9.17, 15) is 9.59 Å². The zero-order valence-electron chi connectivity index (χ0n) is 7.58. The lowest BCUT2D eigenvalue weighted by molar-refractivity contribution is -0.138. The summed E-state index contributed by atoms with van der Waals surface area (Å²) >= 11 is 0. The van der Waals surface area contributed by atoms with Crippen LogP contribution in [0.2, 0.25) is 0 Å². The SMILES string of the molecule is Cl.N[C@@H](C(=O)O)c1ccc(C(=O)O)cc1. The minimum Gasteiger partial charge on any atom is -0.480 e. The van der Waals surface area contributed by atoms with E-state index in [-0.39, 0.29) is 18.0 Å². The first-order valence-electron chi connectivity index (χ1n) is 3.84. The summed E-state index contributed by atoms with van der Waals surface area (Å²) in [6.45, 7) is 0. The number of benzene rings is 1. The lowest BCUT2D eigenvalue weighted by atomic mass is 10.1. The van der Waals surface area contributed by atoms with Gasteiger partial charge in [-0.25, -0.2) is 4.79 Å². The molecule has 0 aromatic heterocycles. The van der Waals surface area contributed by atoms with Crippen LogP contribution in [0.15, 0.2) is 24.3 Å². The van der Waals surface area contributed by atoms with Crippen molar-refractivity contribution in [3.8, 4) is 0 Å². The molecular formula is C9H10ClNO4. The van der Waals surface area contributed by atoms with E-state index in [4.69, 9.17) is 15.9 Å². The van der Waals surface area contributed by atoms with Crippen molar-refractivity contribution < 1.29 is 19.8 Å². The van der Waals surface area contributed by atoms with Crippen LogP contribution in [0.4, 0.5) is 0 Å². The quantitative estimate of drug-likeness (QED) is 0.717. The number of nitrogens with two attached hydrogens (primary N) is 1. The number of hydrogen-bond acceptors (Lipinski definition) is 3. The fourth-order valence-electron chi connectivity index (χ4n) is 0.976. The van der Waals surface area contributed by atoms with Crippen LogP contribution in [-0.2, 0) is 4.79 Å². The Morgan fingerprint density at radius 2 is 1.60 bits per heavy atom. The van der Waals surface area contributed by atoms with Gasteiger partial charge in [-0.2, -0.15) is 0 Å². The second-order valence-corrected chi connectivity index (χ2v) is 2.74. The number of aliphatic carboxylic acids is 1. The van der Waals surface area contributed by atoms with Gasteiger partial charge in [-0.3, -0.25) is 4.79 Å². The number of carboxylic acids is 2. The minimum atomic E-state index is -1.15. The molecule has 1 aromatic carbocycles. The highest BCUT2D eigenvalue weighted by Crippen LogP contribution is 2.11. The average Bonchev–Trinajstić information content (AvgIpc) is 2.16. The zero-order valence-corrected chi connectivity index (χ0v) is 8.40. The molecule has 1 atom stereocenters. The molecule has 0 unspecified atom stereocenters. The normalized spacial score (nSPS) is 11.3. The third kappa shape index (κ3) is 3.23. The van der Waals surface area contributed by atoms with Gasteiger partial charge in [-0.15, -0.1) is 12.4 Å². The number of carboxylic acid groups (broad SMARTS) is 2. The topological polar surface area (TPSA) is 101 Å². The lowest BCUT2D eigenvalue weighted by Gasteiger charge is -2.06. The highest BCUT2D eigenvalue weighted by atomic mass is 35.5. The van der Waals surface area contributed by atoms with Crippen LogP contribution in [0.3, 0.4) is 0 Å². The van der Waals surface area contributed by atoms with Crippen molar-refractivity contribution in [1.29, 1.82) is 0 Å². The largest absolute Gasteiger partial charge is 0.480 e. The molecule has 82 valence electrons. The summed E-state index contributed by atoms with van der Waals surface area (Å²) < 4.78 is 0. The minimum absolute atomic E-state index is 0. The highest BCUT2D eigenvalue weighted by Gasteiger charge is 2.14. The second-order valence-electron chi connectivity index (χ2n) is 2.74. The molecule has 6 heteroatoms. The highest BCUT2D eigenvalue weighted by molar-refractivity contribution is 5.87. The molecule has 0 aliphatic rings. The van der Waals surface area contributed by atoms with E-state index in [1.165, 1.54) is 24.3 Å². The van der Waals surface area contributed by atoms with Crippen molar-refractivity contribution in [3.05, 3.63) is 35.4 Å². The number of aromatic carboxylic acids is 1. The van der Waals surface area contributed by atoms with E-state index in [1.54, 1.807) is 0 Å². The van der Waals surface area contributed by atoms with Crippen LogP contribution in [-0.4, -0.2) is 22.2 Å². The molecule has 0 bridgehead atoms. The number of hydrogen-bond donors (Lipinski definition) is 3. The predicted molar refractivity (Wildman–Crippen MR) is 55.2 cm³/mol. The Morgan fingerprint density at radius 1 is 1.13 bits per heavy atom. The van der Waals surface area contributed by atoms with Gasteiger partial charge in [0.05, 0.1) is 5.56 Å². The molecule has 15 heavy (non-hydrogen) atoms. The van der Waals surface area contributed by atoms with E-state index in [0.717, 1.165) is 0 Å². The van der Waals surface area contributed by atoms with Crippen LogP contribution >= 0.6 is 12.4 Å².